The molecule has 1 aromatic heterocycles. The lowest BCUT2D eigenvalue weighted by Crippen LogP contribution is -2.29. The molecule has 1 heterocycles. The van der Waals surface area contributed by atoms with E-state index in [0.717, 1.165) is 14.3 Å². The largest absolute Gasteiger partial charge is 0.369 e. The van der Waals surface area contributed by atoms with Crippen molar-refractivity contribution in [3.05, 3.63) is 64.0 Å². The summed E-state index contributed by atoms with van der Waals surface area (Å²) in [4.78, 5) is 25.5. The maximum absolute atomic E-state index is 12.4. The van der Waals surface area contributed by atoms with Gasteiger partial charge in [-0.3, -0.25) is 4.79 Å². The molecule has 0 saturated carbocycles. The minimum atomic E-state index is -0.578. The normalized spacial score (nSPS) is 10.4. The first-order valence-corrected chi connectivity index (χ1v) is 9.13. The smallest absolute Gasteiger partial charge is 0.323 e. The molecule has 10 heteroatoms. The summed E-state index contributed by atoms with van der Waals surface area (Å²) in [5, 5.41) is 19.3. The van der Waals surface area contributed by atoms with Gasteiger partial charge in [0.25, 0.3) is 0 Å². The van der Waals surface area contributed by atoms with Crippen LogP contribution in [0.1, 0.15) is 0 Å². The van der Waals surface area contributed by atoms with E-state index in [4.69, 9.17) is 16.9 Å². The van der Waals surface area contributed by atoms with Crippen LogP contribution in [-0.4, -0.2) is 31.5 Å². The summed E-state index contributed by atoms with van der Waals surface area (Å²) in [6, 6.07) is 15.9. The fraction of sp³-hybridized carbons (Fsp3) is 0.118. The molecule has 136 valence electrons. The number of thioether (sulfide) groups is 1. The highest BCUT2D eigenvalue weighted by Gasteiger charge is 2.15. The molecule has 3 aromatic rings. The number of hydrogen-bond donors (Lipinski definition) is 1. The molecule has 0 atom stereocenters. The maximum Gasteiger partial charge on any atom is 0.369 e. The first-order valence-electron chi connectivity index (χ1n) is 7.76. The maximum atomic E-state index is 12.4. The number of carbonyl (C=O) groups is 1. The number of para-hydroxylation sites is 2. The number of halogens is 1. The summed E-state index contributed by atoms with van der Waals surface area (Å²) in [7, 11) is 0. The SMILES string of the molecule is N#CCSc1ccccc1NC(=O)Cn1nnn(-c2ccccc2Cl)c1=O. The first kappa shape index (κ1) is 18.7. The number of anilines is 1. The highest BCUT2D eigenvalue weighted by molar-refractivity contribution is 7.99. The van der Waals surface area contributed by atoms with Gasteiger partial charge in [0.2, 0.25) is 5.91 Å². The minimum absolute atomic E-state index is 0.262. The van der Waals surface area contributed by atoms with Crippen molar-refractivity contribution in [2.24, 2.45) is 0 Å². The number of carbonyl (C=O) groups excluding carboxylic acids is 1. The fourth-order valence-electron chi connectivity index (χ4n) is 2.28. The monoisotopic (exact) mass is 400 g/mol. The lowest BCUT2D eigenvalue weighted by molar-refractivity contribution is -0.117. The second-order valence-electron chi connectivity index (χ2n) is 5.27. The average molecular weight is 401 g/mol. The van der Waals surface area contributed by atoms with E-state index in [0.29, 0.717) is 16.4 Å². The number of nitrogens with one attached hydrogen (secondary N) is 1. The molecule has 1 amide bonds. The molecule has 0 unspecified atom stereocenters. The summed E-state index contributed by atoms with van der Waals surface area (Å²) in [6.07, 6.45) is 0. The van der Waals surface area contributed by atoms with Crippen molar-refractivity contribution in [2.75, 3.05) is 11.1 Å². The average Bonchev–Trinajstić information content (AvgIpc) is 3.01. The van der Waals surface area contributed by atoms with Gasteiger partial charge in [-0.25, -0.2) is 4.79 Å². The molecule has 0 radical (unpaired) electrons. The van der Waals surface area contributed by atoms with Gasteiger partial charge < -0.3 is 5.32 Å². The highest BCUT2D eigenvalue weighted by Crippen LogP contribution is 2.26. The van der Waals surface area contributed by atoms with Crippen LogP contribution in [-0.2, 0) is 11.3 Å². The van der Waals surface area contributed by atoms with E-state index in [1.54, 1.807) is 42.5 Å². The summed E-state index contributed by atoms with van der Waals surface area (Å²) in [6.45, 7) is -0.305. The van der Waals surface area contributed by atoms with E-state index in [2.05, 4.69) is 15.7 Å². The van der Waals surface area contributed by atoms with Gasteiger partial charge >= 0.3 is 5.69 Å². The zero-order valence-electron chi connectivity index (χ0n) is 13.9. The number of amides is 1. The Hall–Kier alpha value is -3.09. The molecule has 0 bridgehead atoms. The number of nitrogens with zero attached hydrogens (tertiary/aromatic N) is 5. The Morgan fingerprint density at radius 1 is 1.19 bits per heavy atom. The van der Waals surface area contributed by atoms with Gasteiger partial charge in [-0.15, -0.1) is 11.8 Å². The van der Waals surface area contributed by atoms with Gasteiger partial charge in [0.05, 0.1) is 28.2 Å². The molecule has 3 rings (SSSR count). The van der Waals surface area contributed by atoms with E-state index < -0.39 is 11.6 Å². The Morgan fingerprint density at radius 3 is 2.70 bits per heavy atom. The van der Waals surface area contributed by atoms with Crippen LogP contribution in [0.2, 0.25) is 5.02 Å². The summed E-state index contributed by atoms with van der Waals surface area (Å²) < 4.78 is 1.98. The Kier molecular flexibility index (Phi) is 5.90. The van der Waals surface area contributed by atoms with Crippen LogP contribution in [0.5, 0.6) is 0 Å². The third kappa shape index (κ3) is 4.36. The molecule has 0 saturated heterocycles. The van der Waals surface area contributed by atoms with Gasteiger partial charge in [0.15, 0.2) is 0 Å². The lowest BCUT2D eigenvalue weighted by Gasteiger charge is -2.09. The summed E-state index contributed by atoms with van der Waals surface area (Å²) in [5.74, 6) is -0.174. The van der Waals surface area contributed by atoms with Crippen LogP contribution in [0.15, 0.2) is 58.2 Å². The van der Waals surface area contributed by atoms with Crippen molar-refractivity contribution in [3.8, 4) is 11.8 Å². The number of tetrazole rings is 1. The van der Waals surface area contributed by atoms with Crippen LogP contribution in [0.4, 0.5) is 5.69 Å². The third-order valence-corrected chi connectivity index (χ3v) is 4.73. The van der Waals surface area contributed by atoms with Gasteiger partial charge in [-0.05, 0) is 34.7 Å². The van der Waals surface area contributed by atoms with Crippen molar-refractivity contribution in [1.82, 2.24) is 19.8 Å². The molecule has 2 aromatic carbocycles. The van der Waals surface area contributed by atoms with Crippen molar-refractivity contribution < 1.29 is 4.79 Å². The number of nitriles is 1. The molecule has 0 spiro atoms. The zero-order valence-corrected chi connectivity index (χ0v) is 15.4. The zero-order chi connectivity index (χ0) is 19.2. The van der Waals surface area contributed by atoms with Gasteiger partial charge in [0, 0.05) is 4.90 Å². The van der Waals surface area contributed by atoms with Crippen molar-refractivity contribution in [2.45, 2.75) is 11.4 Å². The highest BCUT2D eigenvalue weighted by atomic mass is 35.5. The molecule has 1 N–H and O–H groups in total. The molecule has 0 aliphatic carbocycles. The van der Waals surface area contributed by atoms with Crippen molar-refractivity contribution in [1.29, 1.82) is 5.26 Å². The van der Waals surface area contributed by atoms with E-state index in [9.17, 15) is 9.59 Å². The summed E-state index contributed by atoms with van der Waals surface area (Å²) >= 11 is 7.38. The number of rotatable bonds is 6. The molecular weight excluding hydrogens is 388 g/mol. The van der Waals surface area contributed by atoms with E-state index in [-0.39, 0.29) is 12.3 Å². The Balaban J connectivity index is 1.76. The number of benzene rings is 2. The second-order valence-corrected chi connectivity index (χ2v) is 6.70. The van der Waals surface area contributed by atoms with Gasteiger partial charge in [0.1, 0.15) is 6.54 Å². The van der Waals surface area contributed by atoms with Gasteiger partial charge in [-0.1, -0.05) is 35.9 Å². The predicted octanol–water partition coefficient (Wildman–Crippen LogP) is 2.34. The van der Waals surface area contributed by atoms with Crippen LogP contribution in [0.25, 0.3) is 5.69 Å². The van der Waals surface area contributed by atoms with E-state index in [1.807, 2.05) is 12.1 Å². The summed E-state index contributed by atoms with van der Waals surface area (Å²) in [5.41, 5.74) is 0.369. The molecular formula is C17H13ClN6O2S. The molecule has 27 heavy (non-hydrogen) atoms. The van der Waals surface area contributed by atoms with Crippen LogP contribution < -0.4 is 11.0 Å². The van der Waals surface area contributed by atoms with Crippen LogP contribution in [0, 0.1) is 11.3 Å². The quantitative estimate of drug-likeness (QED) is 0.636. The molecule has 0 fully saturated rings. The predicted molar refractivity (Wildman–Crippen MR) is 102 cm³/mol. The van der Waals surface area contributed by atoms with Gasteiger partial charge in [-0.2, -0.15) is 14.6 Å². The molecule has 0 aliphatic rings. The minimum Gasteiger partial charge on any atom is -0.323 e. The number of hydrogen-bond acceptors (Lipinski definition) is 6. The van der Waals surface area contributed by atoms with E-state index >= 15 is 0 Å². The van der Waals surface area contributed by atoms with E-state index in [1.165, 1.54) is 11.8 Å². The Labute approximate surface area is 163 Å². The Morgan fingerprint density at radius 2 is 1.93 bits per heavy atom. The van der Waals surface area contributed by atoms with Crippen molar-refractivity contribution in [3.63, 3.8) is 0 Å². The van der Waals surface area contributed by atoms with Crippen LogP contribution in [0.3, 0.4) is 0 Å². The Bertz CT molecular complexity index is 1070. The first-order chi connectivity index (χ1) is 13.1. The third-order valence-electron chi connectivity index (χ3n) is 3.47. The topological polar surface area (TPSA) is 106 Å². The standard InChI is InChI=1S/C17H13ClN6O2S/c18-12-5-1-3-7-14(12)24-17(26)23(21-22-24)11-16(25)20-13-6-2-4-8-15(13)27-10-9-19/h1-8H,10-11H2,(H,20,25). The van der Waals surface area contributed by atoms with Crippen molar-refractivity contribution >= 4 is 35.0 Å². The molecule has 0 aliphatic heterocycles. The van der Waals surface area contributed by atoms with Crippen LogP contribution >= 0.6 is 23.4 Å². The second kappa shape index (κ2) is 8.53. The fourth-order valence-corrected chi connectivity index (χ4v) is 3.16. The number of aromatic nitrogens is 4. The molecule has 8 nitrogen and oxygen atoms in total. The lowest BCUT2D eigenvalue weighted by atomic mass is 10.3.